The van der Waals surface area contributed by atoms with Crippen LogP contribution in [0.4, 0.5) is 5.00 Å². The van der Waals surface area contributed by atoms with Gasteiger partial charge in [-0.15, -0.1) is 39.4 Å². The molecular weight excluding hydrogens is 537 g/mol. The van der Waals surface area contributed by atoms with Gasteiger partial charge in [0.2, 0.25) is 5.91 Å². The number of aryl methyl sites for hydroxylation is 1. The molecule has 0 spiro atoms. The first-order chi connectivity index (χ1) is 18.5. The number of allylic oxidation sites excluding steroid dienone is 1. The van der Waals surface area contributed by atoms with Crippen molar-refractivity contribution in [2.75, 3.05) is 18.2 Å². The predicted octanol–water partition coefficient (Wildman–Crippen LogP) is 6.56. The largest absolute Gasteiger partial charge is 0.465 e. The fraction of sp³-hybridized carbons (Fsp3) is 0.500. The highest BCUT2D eigenvalue weighted by atomic mass is 32.2. The molecule has 1 atom stereocenters. The third kappa shape index (κ3) is 5.62. The van der Waals surface area contributed by atoms with Crippen LogP contribution in [0.15, 0.2) is 23.2 Å². The Morgan fingerprint density at radius 2 is 2.00 bits per heavy atom. The van der Waals surface area contributed by atoms with Crippen LogP contribution in [0.5, 0.6) is 0 Å². The molecule has 1 N–H and O–H groups in total. The van der Waals surface area contributed by atoms with Crippen LogP contribution < -0.4 is 5.32 Å². The smallest absolute Gasteiger partial charge is 0.341 e. The van der Waals surface area contributed by atoms with E-state index in [9.17, 15) is 9.59 Å². The van der Waals surface area contributed by atoms with Gasteiger partial charge in [-0.2, -0.15) is 0 Å². The normalized spacial score (nSPS) is 17.2. The van der Waals surface area contributed by atoms with Gasteiger partial charge in [0, 0.05) is 27.2 Å². The molecule has 0 bridgehead atoms. The Kier molecular flexibility index (Phi) is 8.70. The average Bonchev–Trinajstić information content (AvgIpc) is 3.57. The van der Waals surface area contributed by atoms with Crippen LogP contribution in [-0.2, 0) is 41.8 Å². The summed E-state index contributed by atoms with van der Waals surface area (Å²) in [4.78, 5) is 28.4. The van der Waals surface area contributed by atoms with Crippen molar-refractivity contribution in [2.24, 2.45) is 5.92 Å². The van der Waals surface area contributed by atoms with Crippen LogP contribution in [0.25, 0.3) is 11.4 Å². The number of methoxy groups -OCH3 is 1. The molecule has 202 valence electrons. The summed E-state index contributed by atoms with van der Waals surface area (Å²) in [5, 5.41) is 15.5. The first-order valence-electron chi connectivity index (χ1n) is 13.3. The summed E-state index contributed by atoms with van der Waals surface area (Å²) in [6.07, 6.45) is 11.5. The summed E-state index contributed by atoms with van der Waals surface area (Å²) in [5.74, 6) is 1.16. The zero-order chi connectivity index (χ0) is 26.6. The minimum atomic E-state index is -0.380. The summed E-state index contributed by atoms with van der Waals surface area (Å²) in [7, 11) is 1.39. The number of hydrogen-bond acceptors (Lipinski definition) is 8. The molecular formula is C28H34N4O3S3. The van der Waals surface area contributed by atoms with Gasteiger partial charge in [0.15, 0.2) is 11.0 Å². The topological polar surface area (TPSA) is 86.1 Å². The zero-order valence-electron chi connectivity index (χ0n) is 22.0. The van der Waals surface area contributed by atoms with Crippen LogP contribution in [0.1, 0.15) is 70.3 Å². The van der Waals surface area contributed by atoms with Crippen LogP contribution in [0.3, 0.4) is 0 Å². The second-order valence-corrected chi connectivity index (χ2v) is 13.1. The van der Waals surface area contributed by atoms with E-state index in [4.69, 9.17) is 4.74 Å². The van der Waals surface area contributed by atoms with E-state index in [1.165, 1.54) is 58.4 Å². The maximum absolute atomic E-state index is 13.1. The van der Waals surface area contributed by atoms with E-state index in [-0.39, 0.29) is 17.6 Å². The van der Waals surface area contributed by atoms with Crippen molar-refractivity contribution in [2.45, 2.75) is 76.4 Å². The molecule has 5 rings (SSSR count). The summed E-state index contributed by atoms with van der Waals surface area (Å²) >= 11 is 4.68. The molecule has 0 aliphatic heterocycles. The van der Waals surface area contributed by atoms with Gasteiger partial charge in [-0.3, -0.25) is 9.36 Å². The minimum absolute atomic E-state index is 0.164. The number of hydrogen-bond donors (Lipinski definition) is 1. The summed E-state index contributed by atoms with van der Waals surface area (Å²) in [5.41, 5.74) is 4.12. The van der Waals surface area contributed by atoms with E-state index in [2.05, 4.69) is 34.4 Å². The van der Waals surface area contributed by atoms with E-state index in [0.717, 1.165) is 61.9 Å². The maximum Gasteiger partial charge on any atom is 0.341 e. The zero-order valence-corrected chi connectivity index (χ0v) is 24.5. The number of esters is 1. The first-order valence-corrected chi connectivity index (χ1v) is 16.0. The van der Waals surface area contributed by atoms with Gasteiger partial charge in [0.25, 0.3) is 0 Å². The van der Waals surface area contributed by atoms with Gasteiger partial charge in [-0.05, 0) is 62.0 Å². The van der Waals surface area contributed by atoms with Crippen molar-refractivity contribution < 1.29 is 14.3 Å². The van der Waals surface area contributed by atoms with Gasteiger partial charge in [-0.25, -0.2) is 4.79 Å². The molecule has 0 aromatic carbocycles. The quantitative estimate of drug-likeness (QED) is 0.188. The molecule has 7 nitrogen and oxygen atoms in total. The molecule has 0 saturated carbocycles. The molecule has 1 unspecified atom stereocenters. The van der Waals surface area contributed by atoms with E-state index in [1.54, 1.807) is 0 Å². The van der Waals surface area contributed by atoms with E-state index in [1.807, 2.05) is 22.0 Å². The van der Waals surface area contributed by atoms with Gasteiger partial charge in [0.05, 0.1) is 18.4 Å². The lowest BCUT2D eigenvalue weighted by Crippen LogP contribution is -2.17. The van der Waals surface area contributed by atoms with E-state index < -0.39 is 0 Å². The lowest BCUT2D eigenvalue weighted by atomic mass is 9.88. The molecule has 3 aromatic heterocycles. The third-order valence-electron chi connectivity index (χ3n) is 7.32. The van der Waals surface area contributed by atoms with Gasteiger partial charge < -0.3 is 10.1 Å². The number of ether oxygens (including phenoxy) is 1. The number of fused-ring (bicyclic) bond motifs is 2. The molecule has 0 saturated heterocycles. The SMILES string of the molecule is C=CCn1c(SCC(=O)Nc2sc3c(c2C(=O)OC)CCCCCC3)nnc1-c1csc2c1CCC(C)C2. The van der Waals surface area contributed by atoms with Crippen molar-refractivity contribution in [3.05, 3.63) is 44.5 Å². The second kappa shape index (κ2) is 12.2. The van der Waals surface area contributed by atoms with Gasteiger partial charge in [0.1, 0.15) is 5.00 Å². The number of amides is 1. The average molecular weight is 571 g/mol. The highest BCUT2D eigenvalue weighted by molar-refractivity contribution is 7.99. The Hall–Kier alpha value is -2.43. The number of thiophene rings is 2. The Morgan fingerprint density at radius 3 is 2.79 bits per heavy atom. The number of thioether (sulfide) groups is 1. The molecule has 2 aliphatic carbocycles. The Labute approximate surface area is 236 Å². The molecule has 2 aliphatic rings. The van der Waals surface area contributed by atoms with Crippen LogP contribution in [0, 0.1) is 5.92 Å². The third-order valence-corrected chi connectivity index (χ3v) is 10.5. The fourth-order valence-electron chi connectivity index (χ4n) is 5.37. The molecule has 0 fully saturated rings. The molecule has 3 heterocycles. The number of nitrogens with one attached hydrogen (secondary N) is 1. The first kappa shape index (κ1) is 27.1. The molecule has 10 heteroatoms. The maximum atomic E-state index is 13.1. The van der Waals surface area contributed by atoms with Crippen molar-refractivity contribution >= 4 is 51.3 Å². The summed E-state index contributed by atoms with van der Waals surface area (Å²) < 4.78 is 7.14. The minimum Gasteiger partial charge on any atom is -0.465 e. The van der Waals surface area contributed by atoms with Crippen molar-refractivity contribution in [3.63, 3.8) is 0 Å². The van der Waals surface area contributed by atoms with Crippen LogP contribution >= 0.6 is 34.4 Å². The standard InChI is InChI=1S/C28H34N4O3S3/c1-4-13-32-25(20-15-36-22-14-17(2)11-12-18(20)22)30-31-28(32)37-16-23(33)29-26-24(27(34)35-3)19-9-7-5-6-8-10-21(19)38-26/h4,15,17H,1,5-14,16H2,2-3H3,(H,29,33). The highest BCUT2D eigenvalue weighted by Gasteiger charge is 2.27. The van der Waals surface area contributed by atoms with Gasteiger partial charge >= 0.3 is 5.97 Å². The molecule has 1 amide bonds. The number of carbonyl (C=O) groups excluding carboxylic acids is 2. The monoisotopic (exact) mass is 570 g/mol. The Bertz CT molecular complexity index is 1340. The lowest BCUT2D eigenvalue weighted by molar-refractivity contribution is -0.113. The summed E-state index contributed by atoms with van der Waals surface area (Å²) in [6, 6.07) is 0. The van der Waals surface area contributed by atoms with Crippen molar-refractivity contribution in [1.29, 1.82) is 0 Å². The number of rotatable bonds is 8. The number of aromatic nitrogens is 3. The Morgan fingerprint density at radius 1 is 1.18 bits per heavy atom. The number of carbonyl (C=O) groups is 2. The molecule has 0 radical (unpaired) electrons. The number of anilines is 1. The summed E-state index contributed by atoms with van der Waals surface area (Å²) in [6.45, 7) is 6.80. The second-order valence-electron chi connectivity index (χ2n) is 10.1. The number of nitrogens with zero attached hydrogens (tertiary/aromatic N) is 3. The predicted molar refractivity (Wildman–Crippen MR) is 156 cm³/mol. The van der Waals surface area contributed by atoms with Crippen molar-refractivity contribution in [1.82, 2.24) is 14.8 Å². The van der Waals surface area contributed by atoms with E-state index in [0.29, 0.717) is 28.2 Å². The van der Waals surface area contributed by atoms with E-state index >= 15 is 0 Å². The van der Waals surface area contributed by atoms with Crippen LogP contribution in [0.2, 0.25) is 0 Å². The van der Waals surface area contributed by atoms with Crippen LogP contribution in [-0.4, -0.2) is 39.5 Å². The van der Waals surface area contributed by atoms with Gasteiger partial charge in [-0.1, -0.05) is 37.6 Å². The molecule has 3 aromatic rings. The molecule has 38 heavy (non-hydrogen) atoms. The highest BCUT2D eigenvalue weighted by Crippen LogP contribution is 2.39. The van der Waals surface area contributed by atoms with Crippen molar-refractivity contribution in [3.8, 4) is 11.4 Å². The lowest BCUT2D eigenvalue weighted by Gasteiger charge is -2.19. The Balaban J connectivity index is 1.33. The fourth-order valence-corrected chi connectivity index (χ4v) is 8.66.